The standard InChI is InChI=1S/C18H15FN4O/c19-14-3-1-2-12(8-14)15-10-16(15)22-18(24)13-4-5-21-17(9-13)23-7-6-20-11-23/h1-9,11,15-16H,10H2,(H,22,24)/t15-,16+/m0/s1. The molecule has 1 aliphatic rings. The van der Waals surface area contributed by atoms with E-state index < -0.39 is 0 Å². The molecule has 6 heteroatoms. The van der Waals surface area contributed by atoms with Gasteiger partial charge in [0.2, 0.25) is 0 Å². The molecule has 1 saturated carbocycles. The zero-order valence-corrected chi connectivity index (χ0v) is 12.8. The first-order valence-electron chi connectivity index (χ1n) is 7.71. The Morgan fingerprint density at radius 2 is 2.17 bits per heavy atom. The van der Waals surface area contributed by atoms with E-state index in [1.807, 2.05) is 6.07 Å². The van der Waals surface area contributed by atoms with Crippen LogP contribution in [0.1, 0.15) is 28.3 Å². The summed E-state index contributed by atoms with van der Waals surface area (Å²) < 4.78 is 15.0. The Morgan fingerprint density at radius 3 is 2.96 bits per heavy atom. The number of carbonyl (C=O) groups is 1. The van der Waals surface area contributed by atoms with Gasteiger partial charge in [0.05, 0.1) is 0 Å². The molecule has 4 rings (SSSR count). The number of carbonyl (C=O) groups excluding carboxylic acids is 1. The Morgan fingerprint density at radius 1 is 1.25 bits per heavy atom. The SMILES string of the molecule is O=C(N[C@@H]1C[C@H]1c1cccc(F)c1)c1ccnc(-n2ccnc2)c1. The number of benzene rings is 1. The fourth-order valence-corrected chi connectivity index (χ4v) is 2.81. The van der Waals surface area contributed by atoms with Gasteiger partial charge in [-0.1, -0.05) is 12.1 Å². The lowest BCUT2D eigenvalue weighted by molar-refractivity contribution is 0.0950. The molecule has 24 heavy (non-hydrogen) atoms. The van der Waals surface area contributed by atoms with Crippen LogP contribution in [0.15, 0.2) is 61.3 Å². The summed E-state index contributed by atoms with van der Waals surface area (Å²) in [5.74, 6) is 0.420. The van der Waals surface area contributed by atoms with Crippen LogP contribution >= 0.6 is 0 Å². The number of pyridine rings is 1. The normalized spacial score (nSPS) is 19.0. The van der Waals surface area contributed by atoms with Gasteiger partial charge in [0.1, 0.15) is 18.0 Å². The second kappa shape index (κ2) is 5.88. The van der Waals surface area contributed by atoms with Crippen LogP contribution in [-0.4, -0.2) is 26.5 Å². The summed E-state index contributed by atoms with van der Waals surface area (Å²) in [6.07, 6.45) is 7.48. The molecule has 1 aliphatic carbocycles. The van der Waals surface area contributed by atoms with E-state index in [0.29, 0.717) is 11.4 Å². The lowest BCUT2D eigenvalue weighted by Gasteiger charge is -2.07. The topological polar surface area (TPSA) is 59.8 Å². The van der Waals surface area contributed by atoms with Crippen LogP contribution in [0.2, 0.25) is 0 Å². The van der Waals surface area contributed by atoms with Crippen LogP contribution in [-0.2, 0) is 0 Å². The number of hydrogen-bond donors (Lipinski definition) is 1. The van der Waals surface area contributed by atoms with Crippen molar-refractivity contribution >= 4 is 5.91 Å². The summed E-state index contributed by atoms with van der Waals surface area (Å²) in [4.78, 5) is 20.6. The predicted octanol–water partition coefficient (Wildman–Crippen LogP) is 2.69. The molecule has 3 aromatic rings. The predicted molar refractivity (Wildman–Crippen MR) is 86.4 cm³/mol. The molecule has 0 aliphatic heterocycles. The first kappa shape index (κ1) is 14.6. The van der Waals surface area contributed by atoms with Crippen molar-refractivity contribution in [1.29, 1.82) is 0 Å². The van der Waals surface area contributed by atoms with Gasteiger partial charge in [0.25, 0.3) is 5.91 Å². The number of aromatic nitrogens is 3. The van der Waals surface area contributed by atoms with Gasteiger partial charge in [-0.3, -0.25) is 9.36 Å². The molecule has 1 fully saturated rings. The van der Waals surface area contributed by atoms with Gasteiger partial charge >= 0.3 is 0 Å². The third-order valence-electron chi connectivity index (χ3n) is 4.16. The number of halogens is 1. The molecule has 2 atom stereocenters. The smallest absolute Gasteiger partial charge is 0.251 e. The van der Waals surface area contributed by atoms with E-state index in [4.69, 9.17) is 0 Å². The highest BCUT2D eigenvalue weighted by atomic mass is 19.1. The molecule has 1 N–H and O–H groups in total. The Bertz CT molecular complexity index is 878. The Hall–Kier alpha value is -3.02. The zero-order valence-electron chi connectivity index (χ0n) is 12.8. The average molecular weight is 322 g/mol. The fraction of sp³-hybridized carbons (Fsp3) is 0.167. The van der Waals surface area contributed by atoms with Crippen LogP contribution in [0, 0.1) is 5.82 Å². The molecule has 120 valence electrons. The molecule has 2 heterocycles. The van der Waals surface area contributed by atoms with Crippen molar-refractivity contribution in [3.63, 3.8) is 0 Å². The Labute approximate surface area is 138 Å². The molecule has 0 spiro atoms. The zero-order chi connectivity index (χ0) is 16.5. The van der Waals surface area contributed by atoms with Crippen molar-refractivity contribution in [3.05, 3.63) is 78.3 Å². The Kier molecular flexibility index (Phi) is 3.57. The van der Waals surface area contributed by atoms with Crippen molar-refractivity contribution in [2.75, 3.05) is 0 Å². The summed E-state index contributed by atoms with van der Waals surface area (Å²) in [7, 11) is 0. The van der Waals surface area contributed by atoms with Crippen molar-refractivity contribution in [2.45, 2.75) is 18.4 Å². The van der Waals surface area contributed by atoms with Gasteiger partial charge in [-0.05, 0) is 36.2 Å². The van der Waals surface area contributed by atoms with E-state index in [0.717, 1.165) is 12.0 Å². The molecule has 0 unspecified atom stereocenters. The van der Waals surface area contributed by atoms with Gasteiger partial charge in [-0.15, -0.1) is 0 Å². The van der Waals surface area contributed by atoms with Gasteiger partial charge in [0, 0.05) is 36.1 Å². The van der Waals surface area contributed by atoms with Gasteiger partial charge in [0.15, 0.2) is 0 Å². The van der Waals surface area contributed by atoms with Crippen LogP contribution < -0.4 is 5.32 Å². The molecule has 0 saturated heterocycles. The van der Waals surface area contributed by atoms with E-state index in [2.05, 4.69) is 15.3 Å². The van der Waals surface area contributed by atoms with E-state index in [9.17, 15) is 9.18 Å². The number of imidazole rings is 1. The molecule has 2 aromatic heterocycles. The minimum Gasteiger partial charge on any atom is -0.349 e. The van der Waals surface area contributed by atoms with Gasteiger partial charge in [-0.2, -0.15) is 0 Å². The largest absolute Gasteiger partial charge is 0.349 e. The van der Waals surface area contributed by atoms with Gasteiger partial charge in [-0.25, -0.2) is 14.4 Å². The van der Waals surface area contributed by atoms with Crippen molar-refractivity contribution in [1.82, 2.24) is 19.9 Å². The molecule has 0 bridgehead atoms. The average Bonchev–Trinajstić information content (AvgIpc) is 3.14. The minimum absolute atomic E-state index is 0.0455. The minimum atomic E-state index is -0.247. The highest BCUT2D eigenvalue weighted by Crippen LogP contribution is 2.41. The maximum Gasteiger partial charge on any atom is 0.251 e. The molecule has 0 radical (unpaired) electrons. The van der Waals surface area contributed by atoms with Crippen molar-refractivity contribution in [3.8, 4) is 5.82 Å². The monoisotopic (exact) mass is 322 g/mol. The fourth-order valence-electron chi connectivity index (χ4n) is 2.81. The summed E-state index contributed by atoms with van der Waals surface area (Å²) in [6, 6.07) is 9.98. The maximum atomic E-state index is 13.3. The van der Waals surface area contributed by atoms with Crippen LogP contribution in [0.5, 0.6) is 0 Å². The van der Waals surface area contributed by atoms with Crippen molar-refractivity contribution < 1.29 is 9.18 Å². The second-order valence-electron chi connectivity index (χ2n) is 5.85. The van der Waals surface area contributed by atoms with Crippen molar-refractivity contribution in [2.24, 2.45) is 0 Å². The molecule has 5 nitrogen and oxygen atoms in total. The van der Waals surface area contributed by atoms with E-state index >= 15 is 0 Å². The third-order valence-corrected chi connectivity index (χ3v) is 4.16. The quantitative estimate of drug-likeness (QED) is 0.803. The first-order valence-corrected chi connectivity index (χ1v) is 7.71. The van der Waals surface area contributed by atoms with E-state index in [1.54, 1.807) is 47.7 Å². The molecule has 1 aromatic carbocycles. The first-order chi connectivity index (χ1) is 11.7. The number of amides is 1. The third kappa shape index (κ3) is 2.90. The van der Waals surface area contributed by atoms with E-state index in [1.165, 1.54) is 12.1 Å². The number of rotatable bonds is 4. The number of hydrogen-bond acceptors (Lipinski definition) is 3. The van der Waals surface area contributed by atoms with Crippen LogP contribution in [0.25, 0.3) is 5.82 Å². The maximum absolute atomic E-state index is 13.3. The summed E-state index contributed by atoms with van der Waals surface area (Å²) in [6.45, 7) is 0. The number of nitrogens with zero attached hydrogens (tertiary/aromatic N) is 3. The molecular weight excluding hydrogens is 307 g/mol. The molecular formula is C18H15FN4O. The summed E-state index contributed by atoms with van der Waals surface area (Å²) in [5.41, 5.74) is 1.47. The van der Waals surface area contributed by atoms with Crippen LogP contribution in [0.4, 0.5) is 4.39 Å². The highest BCUT2D eigenvalue weighted by Gasteiger charge is 2.39. The Balaban J connectivity index is 1.45. The lowest BCUT2D eigenvalue weighted by Crippen LogP contribution is -2.26. The summed E-state index contributed by atoms with van der Waals surface area (Å²) >= 11 is 0. The second-order valence-corrected chi connectivity index (χ2v) is 5.85. The number of nitrogens with one attached hydrogen (secondary N) is 1. The van der Waals surface area contributed by atoms with Crippen LogP contribution in [0.3, 0.4) is 0 Å². The lowest BCUT2D eigenvalue weighted by atomic mass is 10.1. The van der Waals surface area contributed by atoms with E-state index in [-0.39, 0.29) is 23.7 Å². The summed E-state index contributed by atoms with van der Waals surface area (Å²) in [5, 5.41) is 3.00. The molecule has 1 amide bonds. The highest BCUT2D eigenvalue weighted by molar-refractivity contribution is 5.95. The van der Waals surface area contributed by atoms with Gasteiger partial charge < -0.3 is 5.32 Å².